The molecule has 96 valence electrons. The Balaban J connectivity index is 3.03. The van der Waals surface area contributed by atoms with Gasteiger partial charge in [0, 0.05) is 13.0 Å². The molecule has 0 fully saturated rings. The lowest BCUT2D eigenvalue weighted by molar-refractivity contribution is -0.0490. The maximum absolute atomic E-state index is 10.7. The zero-order valence-corrected chi connectivity index (χ0v) is 11.7. The summed E-state index contributed by atoms with van der Waals surface area (Å²) in [5, 5.41) is 10.7. The number of nitrogens with two attached hydrogens (primary N) is 1. The van der Waals surface area contributed by atoms with Crippen molar-refractivity contribution in [3.63, 3.8) is 0 Å². The highest BCUT2D eigenvalue weighted by Crippen LogP contribution is 2.32. The lowest BCUT2D eigenvalue weighted by Gasteiger charge is -2.39. The van der Waals surface area contributed by atoms with Crippen molar-refractivity contribution < 1.29 is 5.11 Å². The van der Waals surface area contributed by atoms with E-state index in [0.29, 0.717) is 6.42 Å². The average Bonchev–Trinajstić information content (AvgIpc) is 2.13. The Morgan fingerprint density at radius 1 is 1.06 bits per heavy atom. The summed E-state index contributed by atoms with van der Waals surface area (Å²) >= 11 is 0. The van der Waals surface area contributed by atoms with Crippen molar-refractivity contribution in [1.82, 2.24) is 0 Å². The summed E-state index contributed by atoms with van der Waals surface area (Å²) in [7, 11) is 0. The minimum atomic E-state index is -0.854. The Morgan fingerprint density at radius 2 is 1.53 bits per heavy atom. The fourth-order valence-electron chi connectivity index (χ4n) is 2.15. The predicted octanol–water partition coefficient (Wildman–Crippen LogP) is 2.58. The van der Waals surface area contributed by atoms with Crippen LogP contribution in [0.5, 0.6) is 0 Å². The van der Waals surface area contributed by atoms with Crippen LogP contribution in [0, 0.1) is 19.3 Å². The van der Waals surface area contributed by atoms with Gasteiger partial charge in [0.15, 0.2) is 0 Å². The number of hydrogen-bond acceptors (Lipinski definition) is 2. The zero-order valence-electron chi connectivity index (χ0n) is 11.7. The smallest absolute Gasteiger partial charge is 0.0857 e. The number of aryl methyl sites for hydroxylation is 2. The summed E-state index contributed by atoms with van der Waals surface area (Å²) < 4.78 is 0. The molecule has 1 rings (SSSR count). The highest BCUT2D eigenvalue weighted by Gasteiger charge is 2.38. The van der Waals surface area contributed by atoms with Gasteiger partial charge in [0.2, 0.25) is 0 Å². The van der Waals surface area contributed by atoms with Gasteiger partial charge in [-0.1, -0.05) is 50.1 Å². The third-order valence-corrected chi connectivity index (χ3v) is 3.51. The molecule has 1 atom stereocenters. The van der Waals surface area contributed by atoms with E-state index in [1.807, 2.05) is 20.8 Å². The highest BCUT2D eigenvalue weighted by atomic mass is 16.3. The number of rotatable bonds is 3. The molecule has 0 aliphatic rings. The van der Waals surface area contributed by atoms with Gasteiger partial charge >= 0.3 is 0 Å². The van der Waals surface area contributed by atoms with Crippen molar-refractivity contribution in [3.05, 3.63) is 34.9 Å². The molecule has 17 heavy (non-hydrogen) atoms. The summed E-state index contributed by atoms with van der Waals surface area (Å²) in [5.41, 5.74) is 8.31. The van der Waals surface area contributed by atoms with Crippen LogP contribution in [0.25, 0.3) is 0 Å². The quantitative estimate of drug-likeness (QED) is 0.846. The van der Waals surface area contributed by atoms with Crippen LogP contribution in [0.15, 0.2) is 18.2 Å². The van der Waals surface area contributed by atoms with Gasteiger partial charge < -0.3 is 10.8 Å². The number of hydrogen-bond donors (Lipinski definition) is 2. The van der Waals surface area contributed by atoms with Crippen LogP contribution >= 0.6 is 0 Å². The molecule has 0 aliphatic carbocycles. The molecule has 0 saturated carbocycles. The van der Waals surface area contributed by atoms with E-state index in [-0.39, 0.29) is 12.0 Å². The SMILES string of the molecule is Cc1cc(C)cc(CC(O)(CN)C(C)(C)C)c1. The van der Waals surface area contributed by atoms with E-state index < -0.39 is 5.60 Å². The average molecular weight is 235 g/mol. The third kappa shape index (κ3) is 3.30. The largest absolute Gasteiger partial charge is 0.388 e. The topological polar surface area (TPSA) is 46.2 Å². The summed E-state index contributed by atoms with van der Waals surface area (Å²) in [6.07, 6.45) is 0.607. The van der Waals surface area contributed by atoms with E-state index in [0.717, 1.165) is 5.56 Å². The Bertz CT molecular complexity index is 372. The molecule has 0 radical (unpaired) electrons. The van der Waals surface area contributed by atoms with Crippen molar-refractivity contribution in [3.8, 4) is 0 Å². The zero-order chi connectivity index (χ0) is 13.3. The Hall–Kier alpha value is -0.860. The van der Waals surface area contributed by atoms with E-state index in [1.165, 1.54) is 11.1 Å². The molecular formula is C15H25NO. The molecule has 0 saturated heterocycles. The van der Waals surface area contributed by atoms with Crippen LogP contribution < -0.4 is 5.73 Å². The normalized spacial score (nSPS) is 15.7. The van der Waals surface area contributed by atoms with Crippen LogP contribution in [0.1, 0.15) is 37.5 Å². The van der Waals surface area contributed by atoms with Gasteiger partial charge in [0.1, 0.15) is 0 Å². The van der Waals surface area contributed by atoms with Gasteiger partial charge in [-0.25, -0.2) is 0 Å². The first-order valence-electron chi connectivity index (χ1n) is 6.17. The molecular weight excluding hydrogens is 210 g/mol. The second-order valence-electron chi connectivity index (χ2n) is 6.16. The molecule has 0 bridgehead atoms. The fraction of sp³-hybridized carbons (Fsp3) is 0.600. The first-order chi connectivity index (χ1) is 7.68. The first-order valence-corrected chi connectivity index (χ1v) is 6.17. The van der Waals surface area contributed by atoms with Crippen LogP contribution in [0.4, 0.5) is 0 Å². The van der Waals surface area contributed by atoms with E-state index in [4.69, 9.17) is 5.73 Å². The van der Waals surface area contributed by atoms with Gasteiger partial charge in [0.25, 0.3) is 0 Å². The summed E-state index contributed by atoms with van der Waals surface area (Å²) in [6, 6.07) is 6.39. The minimum absolute atomic E-state index is 0.223. The molecule has 1 aromatic carbocycles. The molecule has 2 nitrogen and oxygen atoms in total. The van der Waals surface area contributed by atoms with Crippen molar-refractivity contribution >= 4 is 0 Å². The number of aliphatic hydroxyl groups is 1. The monoisotopic (exact) mass is 235 g/mol. The van der Waals surface area contributed by atoms with E-state index in [9.17, 15) is 5.11 Å². The van der Waals surface area contributed by atoms with E-state index >= 15 is 0 Å². The fourth-order valence-corrected chi connectivity index (χ4v) is 2.15. The van der Waals surface area contributed by atoms with Gasteiger partial charge in [-0.15, -0.1) is 0 Å². The van der Waals surface area contributed by atoms with Crippen molar-refractivity contribution in [2.24, 2.45) is 11.1 Å². The summed E-state index contributed by atoms with van der Waals surface area (Å²) in [5.74, 6) is 0. The first kappa shape index (κ1) is 14.2. The molecule has 1 unspecified atom stereocenters. The van der Waals surface area contributed by atoms with E-state index in [1.54, 1.807) is 0 Å². The van der Waals surface area contributed by atoms with Crippen LogP contribution in [0.3, 0.4) is 0 Å². The molecule has 0 amide bonds. The second-order valence-corrected chi connectivity index (χ2v) is 6.16. The lowest BCUT2D eigenvalue weighted by atomic mass is 9.73. The molecule has 0 aromatic heterocycles. The van der Waals surface area contributed by atoms with Crippen LogP contribution in [0.2, 0.25) is 0 Å². The second kappa shape index (κ2) is 4.79. The molecule has 0 spiro atoms. The van der Waals surface area contributed by atoms with Crippen LogP contribution in [-0.2, 0) is 6.42 Å². The van der Waals surface area contributed by atoms with Gasteiger partial charge in [-0.05, 0) is 24.8 Å². The van der Waals surface area contributed by atoms with E-state index in [2.05, 4.69) is 32.0 Å². The van der Waals surface area contributed by atoms with Gasteiger partial charge in [-0.2, -0.15) is 0 Å². The standard InChI is InChI=1S/C15H25NO/c1-11-6-12(2)8-13(7-11)9-15(17,10-16)14(3,4)5/h6-8,17H,9-10,16H2,1-5H3. The Kier molecular flexibility index (Phi) is 4.00. The Labute approximate surface area is 105 Å². The third-order valence-electron chi connectivity index (χ3n) is 3.51. The maximum Gasteiger partial charge on any atom is 0.0857 e. The maximum atomic E-state index is 10.7. The molecule has 2 heteroatoms. The van der Waals surface area contributed by atoms with Gasteiger partial charge in [-0.3, -0.25) is 0 Å². The Morgan fingerprint density at radius 3 is 1.88 bits per heavy atom. The van der Waals surface area contributed by atoms with Crippen molar-refractivity contribution in [2.45, 2.75) is 46.6 Å². The van der Waals surface area contributed by atoms with Crippen molar-refractivity contribution in [1.29, 1.82) is 0 Å². The molecule has 0 aliphatic heterocycles. The predicted molar refractivity (Wildman–Crippen MR) is 73.1 cm³/mol. The lowest BCUT2D eigenvalue weighted by Crippen LogP contribution is -2.50. The highest BCUT2D eigenvalue weighted by molar-refractivity contribution is 5.30. The molecule has 3 N–H and O–H groups in total. The number of benzene rings is 1. The van der Waals surface area contributed by atoms with Gasteiger partial charge in [0.05, 0.1) is 5.60 Å². The van der Waals surface area contributed by atoms with Crippen LogP contribution in [-0.4, -0.2) is 17.3 Å². The molecule has 1 aromatic rings. The molecule has 0 heterocycles. The van der Waals surface area contributed by atoms with Crippen molar-refractivity contribution in [2.75, 3.05) is 6.54 Å². The summed E-state index contributed by atoms with van der Waals surface area (Å²) in [4.78, 5) is 0. The summed E-state index contributed by atoms with van der Waals surface area (Å²) in [6.45, 7) is 10.5. The minimum Gasteiger partial charge on any atom is -0.388 e.